The summed E-state index contributed by atoms with van der Waals surface area (Å²) in [5.41, 5.74) is 2.72. The van der Waals surface area contributed by atoms with Gasteiger partial charge in [-0.05, 0) is 52.9 Å². The highest BCUT2D eigenvalue weighted by atomic mass is 28.4. The molecule has 2 aromatic rings. The van der Waals surface area contributed by atoms with Gasteiger partial charge in [-0.25, -0.2) is 4.79 Å². The van der Waals surface area contributed by atoms with Gasteiger partial charge < -0.3 is 19.0 Å². The van der Waals surface area contributed by atoms with Crippen LogP contribution in [-0.2, 0) is 31.9 Å². The molecule has 232 valence electrons. The van der Waals surface area contributed by atoms with Crippen molar-refractivity contribution in [1.29, 1.82) is 0 Å². The average Bonchev–Trinajstić information content (AvgIpc) is 3.29. The number of rotatable bonds is 16. The smallest absolute Gasteiger partial charge is 0.330 e. The van der Waals surface area contributed by atoms with Crippen LogP contribution in [0.5, 0.6) is 0 Å². The lowest BCUT2D eigenvalue weighted by Crippen LogP contribution is -2.55. The van der Waals surface area contributed by atoms with Gasteiger partial charge in [-0.3, -0.25) is 0 Å². The normalized spacial score (nSPS) is 22.0. The molecule has 3 unspecified atom stereocenters. The van der Waals surface area contributed by atoms with Crippen LogP contribution < -0.4 is 0 Å². The van der Waals surface area contributed by atoms with Crippen molar-refractivity contribution in [1.82, 2.24) is 0 Å². The fraction of sp³-hybridized carbons (Fsp3) is 0.583. The van der Waals surface area contributed by atoms with Gasteiger partial charge in [-0.1, -0.05) is 122 Å². The minimum Gasteiger partial charge on any atom is -0.458 e. The number of benzene rings is 2. The Balaban J connectivity index is 1.84. The van der Waals surface area contributed by atoms with Crippen molar-refractivity contribution in [3.8, 4) is 0 Å². The summed E-state index contributed by atoms with van der Waals surface area (Å²) in [6.45, 7) is 17.3. The SMILES string of the molecule is CC[C@H](CC=CC(=O)OCc1ccccc1)C1(OCc2ccccc2)C(O)CCC1CO[Si](C(C)C)(C(C)C)C(C)C. The zero-order chi connectivity index (χ0) is 30.8. The molecule has 4 atom stereocenters. The molecule has 0 spiro atoms. The van der Waals surface area contributed by atoms with E-state index in [0.717, 1.165) is 24.0 Å². The molecule has 0 bridgehead atoms. The number of hydrogen-bond acceptors (Lipinski definition) is 5. The Hall–Kier alpha value is -2.25. The first-order valence-electron chi connectivity index (χ1n) is 15.9. The van der Waals surface area contributed by atoms with Crippen LogP contribution in [0.3, 0.4) is 0 Å². The second-order valence-electron chi connectivity index (χ2n) is 12.9. The van der Waals surface area contributed by atoms with E-state index in [2.05, 4.69) is 60.6 Å². The van der Waals surface area contributed by atoms with Crippen LogP contribution >= 0.6 is 0 Å². The summed E-state index contributed by atoms with van der Waals surface area (Å²) in [6, 6.07) is 19.9. The summed E-state index contributed by atoms with van der Waals surface area (Å²) < 4.78 is 19.5. The standard InChI is InChI=1S/C36H54O5Si/c1-8-32(20-15-21-35(38)39-24-30-16-11-9-12-17-30)36(40-25-31-18-13-10-14-19-31)33(22-23-34(36)37)26-41-42(27(2)3,28(4)5)29(6)7/h9-19,21,27-29,32-34,37H,8,20,22-26H2,1-7H3/t32-,33?,34?,36?/m1/s1. The predicted octanol–water partition coefficient (Wildman–Crippen LogP) is 8.62. The predicted molar refractivity (Wildman–Crippen MR) is 173 cm³/mol. The Morgan fingerprint density at radius 3 is 1.98 bits per heavy atom. The summed E-state index contributed by atoms with van der Waals surface area (Å²) in [6.07, 6.45) is 5.78. The maximum Gasteiger partial charge on any atom is 0.330 e. The molecular formula is C36H54O5Si. The van der Waals surface area contributed by atoms with Gasteiger partial charge in [0.05, 0.1) is 12.7 Å². The van der Waals surface area contributed by atoms with E-state index in [1.165, 1.54) is 6.08 Å². The highest BCUT2D eigenvalue weighted by Crippen LogP contribution is 2.50. The largest absolute Gasteiger partial charge is 0.458 e. The number of carbonyl (C=O) groups excluding carboxylic acids is 1. The first-order valence-corrected chi connectivity index (χ1v) is 18.1. The maximum absolute atomic E-state index is 12.5. The molecule has 6 heteroatoms. The minimum absolute atomic E-state index is 0.0127. The molecule has 0 amide bonds. The lowest BCUT2D eigenvalue weighted by molar-refractivity contribution is -0.178. The topological polar surface area (TPSA) is 65.0 Å². The van der Waals surface area contributed by atoms with Crippen LogP contribution in [0.2, 0.25) is 16.6 Å². The second kappa shape index (κ2) is 16.0. The third-order valence-electron chi connectivity index (χ3n) is 9.55. The summed E-state index contributed by atoms with van der Waals surface area (Å²) in [7, 11) is -2.10. The van der Waals surface area contributed by atoms with Crippen molar-refractivity contribution in [3.05, 3.63) is 83.9 Å². The zero-order valence-corrected chi connectivity index (χ0v) is 27.9. The van der Waals surface area contributed by atoms with Gasteiger partial charge in [0.25, 0.3) is 0 Å². The van der Waals surface area contributed by atoms with Gasteiger partial charge in [0.15, 0.2) is 8.32 Å². The van der Waals surface area contributed by atoms with Crippen LogP contribution in [0.4, 0.5) is 0 Å². The molecule has 2 aromatic carbocycles. The van der Waals surface area contributed by atoms with E-state index in [-0.39, 0.29) is 24.4 Å². The van der Waals surface area contributed by atoms with Gasteiger partial charge >= 0.3 is 5.97 Å². The molecule has 0 saturated heterocycles. The van der Waals surface area contributed by atoms with E-state index in [1.54, 1.807) is 0 Å². The molecule has 1 saturated carbocycles. The van der Waals surface area contributed by atoms with Crippen molar-refractivity contribution < 1.29 is 23.8 Å². The van der Waals surface area contributed by atoms with Crippen LogP contribution in [0, 0.1) is 11.8 Å². The summed E-state index contributed by atoms with van der Waals surface area (Å²) in [5.74, 6) is -0.289. The monoisotopic (exact) mass is 594 g/mol. The Labute approximate surface area is 255 Å². The zero-order valence-electron chi connectivity index (χ0n) is 26.9. The molecule has 42 heavy (non-hydrogen) atoms. The van der Waals surface area contributed by atoms with Gasteiger partial charge in [-0.15, -0.1) is 0 Å². The van der Waals surface area contributed by atoms with Gasteiger partial charge in [0, 0.05) is 18.6 Å². The molecule has 1 aliphatic rings. The quantitative estimate of drug-likeness (QED) is 0.120. The summed E-state index contributed by atoms with van der Waals surface area (Å²) in [4.78, 5) is 12.5. The second-order valence-corrected chi connectivity index (χ2v) is 18.3. The molecule has 0 aliphatic heterocycles. The van der Waals surface area contributed by atoms with Crippen molar-refractivity contribution in [2.24, 2.45) is 11.8 Å². The molecule has 0 radical (unpaired) electrons. The van der Waals surface area contributed by atoms with E-state index >= 15 is 0 Å². The average molecular weight is 595 g/mol. The summed E-state index contributed by atoms with van der Waals surface area (Å²) >= 11 is 0. The van der Waals surface area contributed by atoms with Crippen molar-refractivity contribution >= 4 is 14.3 Å². The minimum atomic E-state index is -2.10. The highest BCUT2D eigenvalue weighted by Gasteiger charge is 2.56. The first kappa shape index (κ1) is 34.2. The number of carbonyl (C=O) groups is 1. The fourth-order valence-electron chi connectivity index (χ4n) is 7.54. The molecular weight excluding hydrogens is 540 g/mol. The van der Waals surface area contributed by atoms with Crippen LogP contribution in [-0.4, -0.2) is 37.7 Å². The Bertz CT molecular complexity index is 1080. The molecule has 5 nitrogen and oxygen atoms in total. The molecule has 1 fully saturated rings. The number of aliphatic hydroxyl groups is 1. The van der Waals surface area contributed by atoms with E-state index in [0.29, 0.717) is 42.7 Å². The van der Waals surface area contributed by atoms with Gasteiger partial charge in [-0.2, -0.15) is 0 Å². The molecule has 3 rings (SSSR count). The number of hydrogen-bond donors (Lipinski definition) is 1. The molecule has 1 N–H and O–H groups in total. The van der Waals surface area contributed by atoms with Crippen LogP contribution in [0.15, 0.2) is 72.8 Å². The van der Waals surface area contributed by atoms with Gasteiger partial charge in [0.1, 0.15) is 12.2 Å². The highest BCUT2D eigenvalue weighted by molar-refractivity contribution is 6.77. The van der Waals surface area contributed by atoms with Crippen molar-refractivity contribution in [2.45, 2.75) is 116 Å². The maximum atomic E-state index is 12.5. The number of esters is 1. The third-order valence-corrected chi connectivity index (χ3v) is 15.6. The Kier molecular flexibility index (Phi) is 13.0. The Morgan fingerprint density at radius 2 is 1.45 bits per heavy atom. The van der Waals surface area contributed by atoms with Gasteiger partial charge in [0.2, 0.25) is 0 Å². The lowest BCUT2D eigenvalue weighted by atomic mass is 9.74. The van der Waals surface area contributed by atoms with E-state index in [4.69, 9.17) is 13.9 Å². The number of ether oxygens (including phenoxy) is 2. The number of aliphatic hydroxyl groups excluding tert-OH is 1. The van der Waals surface area contributed by atoms with E-state index in [9.17, 15) is 9.90 Å². The lowest BCUT2D eigenvalue weighted by Gasteiger charge is -2.47. The van der Waals surface area contributed by atoms with Crippen molar-refractivity contribution in [2.75, 3.05) is 6.61 Å². The number of allylic oxidation sites excluding steroid dienone is 1. The van der Waals surface area contributed by atoms with Crippen LogP contribution in [0.25, 0.3) is 0 Å². The molecule has 0 aromatic heterocycles. The first-order chi connectivity index (χ1) is 20.1. The van der Waals surface area contributed by atoms with E-state index in [1.807, 2.05) is 54.6 Å². The van der Waals surface area contributed by atoms with E-state index < -0.39 is 20.0 Å². The summed E-state index contributed by atoms with van der Waals surface area (Å²) in [5, 5.41) is 11.7. The fourth-order valence-corrected chi connectivity index (χ4v) is 13.0. The molecule has 1 aliphatic carbocycles. The molecule has 0 heterocycles. The Morgan fingerprint density at radius 1 is 0.905 bits per heavy atom. The third kappa shape index (κ3) is 8.01. The van der Waals surface area contributed by atoms with Crippen LogP contribution in [0.1, 0.15) is 85.3 Å². The van der Waals surface area contributed by atoms with Crippen molar-refractivity contribution in [3.63, 3.8) is 0 Å².